The monoisotopic (exact) mass is 566 g/mol. The summed E-state index contributed by atoms with van der Waals surface area (Å²) in [6, 6.07) is 13.6. The molecule has 1 heterocycles. The van der Waals surface area contributed by atoms with Gasteiger partial charge in [0.2, 0.25) is 0 Å². The Labute approximate surface area is 244 Å². The van der Waals surface area contributed by atoms with E-state index in [0.29, 0.717) is 29.7 Å². The lowest BCUT2D eigenvalue weighted by Crippen LogP contribution is -2.41. The average molecular weight is 567 g/mol. The molecule has 2 N–H and O–H groups in total. The number of aryl methyl sites for hydroxylation is 1. The molecule has 40 heavy (non-hydrogen) atoms. The number of nitrogens with one attached hydrogen (secondary N) is 1. The van der Waals surface area contributed by atoms with E-state index in [-0.39, 0.29) is 5.91 Å². The molecule has 4 rings (SSSR count). The predicted molar refractivity (Wildman–Crippen MR) is 164 cm³/mol. The Balaban J connectivity index is 1.56. The van der Waals surface area contributed by atoms with E-state index in [9.17, 15) is 14.7 Å². The number of carboxylic acids is 1. The third-order valence-electron chi connectivity index (χ3n) is 8.73. The smallest absolute Gasteiger partial charge is 0.326 e. The standard InChI is InChI=1S/C33H46N2O4S/c1-23-9-7-8-12-28(23)30-19-25(13-14-29(30)32(36)34-31(33(37)38)15-16-40-3)20-35-21-26(18-27(35)22-39-2)17-24-10-5-4-6-11-24/h7-9,12-14,19,24,26-27,31H,4-6,10-11,15-18,20-22H2,1-3H3,(H,34,36)(H,37,38)/t26-,27+,31-/m0/s1. The fourth-order valence-electron chi connectivity index (χ4n) is 6.66. The fourth-order valence-corrected chi connectivity index (χ4v) is 7.13. The number of carbonyl (C=O) groups excluding carboxylic acids is 1. The summed E-state index contributed by atoms with van der Waals surface area (Å²) in [7, 11) is 1.79. The number of likely N-dealkylation sites (tertiary alicyclic amines) is 1. The topological polar surface area (TPSA) is 78.9 Å². The largest absolute Gasteiger partial charge is 0.480 e. The van der Waals surface area contributed by atoms with Gasteiger partial charge in [0.15, 0.2) is 0 Å². The van der Waals surface area contributed by atoms with Crippen molar-refractivity contribution in [3.63, 3.8) is 0 Å². The van der Waals surface area contributed by atoms with Crippen LogP contribution in [0.2, 0.25) is 0 Å². The van der Waals surface area contributed by atoms with Crippen LogP contribution in [0.1, 0.15) is 72.9 Å². The van der Waals surface area contributed by atoms with Crippen LogP contribution in [0.4, 0.5) is 0 Å². The molecule has 1 saturated heterocycles. The first-order valence-electron chi connectivity index (χ1n) is 14.8. The van der Waals surface area contributed by atoms with Crippen molar-refractivity contribution in [3.05, 3.63) is 59.2 Å². The molecule has 0 unspecified atom stereocenters. The highest BCUT2D eigenvalue weighted by Gasteiger charge is 2.34. The highest BCUT2D eigenvalue weighted by Crippen LogP contribution is 2.36. The highest BCUT2D eigenvalue weighted by atomic mass is 32.2. The van der Waals surface area contributed by atoms with Gasteiger partial charge in [0.25, 0.3) is 5.91 Å². The molecule has 0 bridgehead atoms. The summed E-state index contributed by atoms with van der Waals surface area (Å²) >= 11 is 1.57. The van der Waals surface area contributed by atoms with E-state index in [4.69, 9.17) is 4.74 Å². The average Bonchev–Trinajstić information content (AvgIpc) is 3.31. The van der Waals surface area contributed by atoms with Crippen molar-refractivity contribution in [2.45, 2.75) is 76.9 Å². The molecule has 0 spiro atoms. The molecular formula is C33H46N2O4S. The van der Waals surface area contributed by atoms with Crippen LogP contribution in [0.15, 0.2) is 42.5 Å². The lowest BCUT2D eigenvalue weighted by atomic mass is 9.82. The molecule has 0 radical (unpaired) electrons. The molecule has 1 saturated carbocycles. The van der Waals surface area contributed by atoms with Crippen molar-refractivity contribution in [3.8, 4) is 11.1 Å². The van der Waals surface area contributed by atoms with Crippen LogP contribution in [-0.4, -0.2) is 66.2 Å². The third kappa shape index (κ3) is 8.11. The van der Waals surface area contributed by atoms with Crippen molar-refractivity contribution >= 4 is 23.6 Å². The first-order valence-corrected chi connectivity index (χ1v) is 16.2. The molecular weight excluding hydrogens is 520 g/mol. The van der Waals surface area contributed by atoms with Crippen molar-refractivity contribution in [1.29, 1.82) is 0 Å². The Morgan fingerprint density at radius 1 is 1.10 bits per heavy atom. The number of hydrogen-bond acceptors (Lipinski definition) is 5. The van der Waals surface area contributed by atoms with E-state index in [1.807, 2.05) is 49.6 Å². The molecule has 2 aromatic carbocycles. The van der Waals surface area contributed by atoms with Crippen LogP contribution in [0, 0.1) is 18.8 Å². The van der Waals surface area contributed by atoms with Gasteiger partial charge in [-0.1, -0.05) is 62.4 Å². The number of hydrogen-bond donors (Lipinski definition) is 2. The van der Waals surface area contributed by atoms with Gasteiger partial charge in [-0.3, -0.25) is 9.69 Å². The molecule has 6 nitrogen and oxygen atoms in total. The number of aliphatic carboxylic acids is 1. The molecule has 7 heteroatoms. The Kier molecular flexibility index (Phi) is 11.5. The van der Waals surface area contributed by atoms with Crippen LogP contribution in [0.25, 0.3) is 11.1 Å². The molecule has 1 amide bonds. The van der Waals surface area contributed by atoms with Gasteiger partial charge in [0, 0.05) is 31.8 Å². The van der Waals surface area contributed by atoms with Crippen molar-refractivity contribution < 1.29 is 19.4 Å². The van der Waals surface area contributed by atoms with Crippen LogP contribution >= 0.6 is 11.8 Å². The number of benzene rings is 2. The minimum Gasteiger partial charge on any atom is -0.480 e. The van der Waals surface area contributed by atoms with Gasteiger partial charge in [-0.25, -0.2) is 4.79 Å². The molecule has 3 atom stereocenters. The van der Waals surface area contributed by atoms with Gasteiger partial charge >= 0.3 is 5.97 Å². The van der Waals surface area contributed by atoms with E-state index in [1.54, 1.807) is 18.9 Å². The molecule has 2 aliphatic rings. The third-order valence-corrected chi connectivity index (χ3v) is 9.37. The van der Waals surface area contributed by atoms with Gasteiger partial charge in [0.05, 0.1) is 6.61 Å². The molecule has 2 aromatic rings. The van der Waals surface area contributed by atoms with E-state index >= 15 is 0 Å². The van der Waals surface area contributed by atoms with Crippen molar-refractivity contribution in [2.75, 3.05) is 32.3 Å². The molecule has 2 fully saturated rings. The van der Waals surface area contributed by atoms with E-state index in [2.05, 4.69) is 16.3 Å². The van der Waals surface area contributed by atoms with Crippen LogP contribution in [-0.2, 0) is 16.1 Å². The number of carbonyl (C=O) groups is 2. The normalized spacial score (nSPS) is 20.9. The Morgan fingerprint density at radius 2 is 1.88 bits per heavy atom. The second-order valence-electron chi connectivity index (χ2n) is 11.7. The molecule has 218 valence electrons. The van der Waals surface area contributed by atoms with Crippen molar-refractivity contribution in [1.82, 2.24) is 10.2 Å². The van der Waals surface area contributed by atoms with Crippen molar-refractivity contribution in [2.24, 2.45) is 11.8 Å². The first kappa shape index (κ1) is 30.6. The second kappa shape index (κ2) is 15.0. The number of amides is 1. The second-order valence-corrected chi connectivity index (χ2v) is 12.7. The number of carboxylic acid groups (broad SMARTS) is 1. The van der Waals surface area contributed by atoms with Gasteiger partial charge in [-0.05, 0) is 84.4 Å². The molecule has 1 aliphatic heterocycles. The van der Waals surface area contributed by atoms with E-state index < -0.39 is 12.0 Å². The summed E-state index contributed by atoms with van der Waals surface area (Å²) in [6.45, 7) is 4.68. The predicted octanol–water partition coefficient (Wildman–Crippen LogP) is 6.41. The van der Waals surface area contributed by atoms with E-state index in [0.717, 1.165) is 47.9 Å². The number of nitrogens with zero attached hydrogens (tertiary/aromatic N) is 1. The lowest BCUT2D eigenvalue weighted by Gasteiger charge is -2.25. The van der Waals surface area contributed by atoms with Gasteiger partial charge in [0.1, 0.15) is 6.04 Å². The van der Waals surface area contributed by atoms with Gasteiger partial charge < -0.3 is 15.2 Å². The summed E-state index contributed by atoms with van der Waals surface area (Å²) in [6.07, 6.45) is 11.8. The maximum Gasteiger partial charge on any atom is 0.326 e. The first-order chi connectivity index (χ1) is 19.4. The summed E-state index contributed by atoms with van der Waals surface area (Å²) < 4.78 is 5.63. The zero-order valence-corrected chi connectivity index (χ0v) is 25.2. The number of thioether (sulfide) groups is 1. The maximum atomic E-state index is 13.4. The minimum atomic E-state index is -1.00. The Morgan fingerprint density at radius 3 is 2.58 bits per heavy atom. The minimum absolute atomic E-state index is 0.343. The number of ether oxygens (including phenoxy) is 1. The number of methoxy groups -OCH3 is 1. The number of rotatable bonds is 13. The zero-order chi connectivity index (χ0) is 28.5. The van der Waals surface area contributed by atoms with Crippen LogP contribution < -0.4 is 5.32 Å². The summed E-state index contributed by atoms with van der Waals surface area (Å²) in [5.74, 6) is 0.902. The lowest BCUT2D eigenvalue weighted by molar-refractivity contribution is -0.139. The maximum absolute atomic E-state index is 13.4. The van der Waals surface area contributed by atoms with E-state index in [1.165, 1.54) is 44.9 Å². The summed E-state index contributed by atoms with van der Waals surface area (Å²) in [5, 5.41) is 12.5. The summed E-state index contributed by atoms with van der Waals surface area (Å²) in [4.78, 5) is 27.8. The van der Waals surface area contributed by atoms with Gasteiger partial charge in [-0.2, -0.15) is 11.8 Å². The molecule has 0 aromatic heterocycles. The van der Waals surface area contributed by atoms with Gasteiger partial charge in [-0.15, -0.1) is 0 Å². The zero-order valence-electron chi connectivity index (χ0n) is 24.4. The Bertz CT molecular complexity index is 1130. The van der Waals surface area contributed by atoms with Crippen LogP contribution in [0.5, 0.6) is 0 Å². The quantitative estimate of drug-likeness (QED) is 0.292. The highest BCUT2D eigenvalue weighted by molar-refractivity contribution is 7.98. The summed E-state index contributed by atoms with van der Waals surface area (Å²) in [5.41, 5.74) is 4.60. The SMILES string of the molecule is COC[C@H]1C[C@H](CC2CCCCC2)CN1Cc1ccc(C(=O)N[C@@H](CCSC)C(=O)O)c(-c2ccccc2C)c1. The Hall–Kier alpha value is -2.35. The van der Waals surface area contributed by atoms with Crippen LogP contribution in [0.3, 0.4) is 0 Å². The molecule has 1 aliphatic carbocycles. The fraction of sp³-hybridized carbons (Fsp3) is 0.576.